The van der Waals surface area contributed by atoms with E-state index in [0.717, 1.165) is 5.75 Å². The molecule has 6 heteroatoms. The van der Waals surface area contributed by atoms with Crippen molar-refractivity contribution in [2.24, 2.45) is 0 Å². The number of hydrogen-bond acceptors (Lipinski definition) is 5. The fourth-order valence-electron chi connectivity index (χ4n) is 2.70. The standard InChI is InChI=1S/C17H20N2O4/c1-4-19(17(20)16-11(2)18-23-12(16)3)9-13-10-21-14-7-5-6-8-15(14)22-13/h5-8,13H,4,9-10H2,1-3H3. The van der Waals surface area contributed by atoms with Crippen LogP contribution in [0, 0.1) is 13.8 Å². The average molecular weight is 316 g/mol. The van der Waals surface area contributed by atoms with Gasteiger partial charge in [-0.2, -0.15) is 0 Å². The van der Waals surface area contributed by atoms with Gasteiger partial charge in [-0.3, -0.25) is 4.79 Å². The number of fused-ring (bicyclic) bond motifs is 1. The van der Waals surface area contributed by atoms with Crippen molar-refractivity contribution in [1.82, 2.24) is 10.1 Å². The number of likely N-dealkylation sites (N-methyl/N-ethyl adjacent to an activating group) is 1. The van der Waals surface area contributed by atoms with Gasteiger partial charge in [0, 0.05) is 6.54 Å². The van der Waals surface area contributed by atoms with Gasteiger partial charge in [0.25, 0.3) is 5.91 Å². The zero-order chi connectivity index (χ0) is 16.4. The predicted octanol–water partition coefficient (Wildman–Crippen LogP) is 2.59. The molecule has 1 aromatic carbocycles. The zero-order valence-corrected chi connectivity index (χ0v) is 13.5. The summed E-state index contributed by atoms with van der Waals surface area (Å²) in [5.41, 5.74) is 1.14. The number of carbonyl (C=O) groups excluding carboxylic acids is 1. The minimum atomic E-state index is -0.200. The molecule has 0 saturated carbocycles. The molecule has 23 heavy (non-hydrogen) atoms. The van der Waals surface area contributed by atoms with E-state index in [1.807, 2.05) is 31.2 Å². The molecule has 0 saturated heterocycles. The van der Waals surface area contributed by atoms with Gasteiger partial charge in [0.15, 0.2) is 17.6 Å². The molecule has 6 nitrogen and oxygen atoms in total. The highest BCUT2D eigenvalue weighted by Gasteiger charge is 2.28. The Hall–Kier alpha value is -2.50. The number of para-hydroxylation sites is 2. The zero-order valence-electron chi connectivity index (χ0n) is 13.5. The van der Waals surface area contributed by atoms with Crippen LogP contribution in [0.5, 0.6) is 11.5 Å². The van der Waals surface area contributed by atoms with Gasteiger partial charge in [0.1, 0.15) is 17.9 Å². The van der Waals surface area contributed by atoms with Gasteiger partial charge >= 0.3 is 0 Å². The second-order valence-electron chi connectivity index (χ2n) is 5.54. The molecule has 1 aromatic heterocycles. The molecule has 1 amide bonds. The first-order valence-electron chi connectivity index (χ1n) is 7.70. The summed E-state index contributed by atoms with van der Waals surface area (Å²) in [6.07, 6.45) is -0.200. The number of aryl methyl sites for hydroxylation is 2. The van der Waals surface area contributed by atoms with Gasteiger partial charge in [0.05, 0.1) is 12.2 Å². The minimum Gasteiger partial charge on any atom is -0.486 e. The van der Waals surface area contributed by atoms with Crippen LogP contribution in [-0.2, 0) is 0 Å². The molecule has 1 unspecified atom stereocenters. The largest absolute Gasteiger partial charge is 0.486 e. The van der Waals surface area contributed by atoms with E-state index >= 15 is 0 Å². The van der Waals surface area contributed by atoms with Crippen molar-refractivity contribution in [2.45, 2.75) is 26.9 Å². The second kappa shape index (κ2) is 6.32. The van der Waals surface area contributed by atoms with E-state index < -0.39 is 0 Å². The third-order valence-electron chi connectivity index (χ3n) is 3.91. The Labute approximate surface area is 135 Å². The van der Waals surface area contributed by atoms with E-state index in [0.29, 0.717) is 42.5 Å². The molecule has 0 spiro atoms. The molecule has 0 aliphatic carbocycles. The molecular formula is C17H20N2O4. The summed E-state index contributed by atoms with van der Waals surface area (Å²) in [7, 11) is 0. The molecule has 2 heterocycles. The lowest BCUT2D eigenvalue weighted by Crippen LogP contribution is -2.43. The monoisotopic (exact) mass is 316 g/mol. The molecule has 1 aliphatic rings. The van der Waals surface area contributed by atoms with Crippen LogP contribution in [0.25, 0.3) is 0 Å². The Balaban J connectivity index is 1.72. The molecule has 0 fully saturated rings. The average Bonchev–Trinajstić information content (AvgIpc) is 2.90. The van der Waals surface area contributed by atoms with Gasteiger partial charge in [-0.15, -0.1) is 0 Å². The molecule has 1 atom stereocenters. The number of carbonyl (C=O) groups is 1. The van der Waals surface area contributed by atoms with Gasteiger partial charge < -0.3 is 18.9 Å². The van der Waals surface area contributed by atoms with Crippen LogP contribution in [0.4, 0.5) is 0 Å². The molecule has 1 aliphatic heterocycles. The molecule has 2 aromatic rings. The van der Waals surface area contributed by atoms with Crippen molar-refractivity contribution in [3.8, 4) is 11.5 Å². The van der Waals surface area contributed by atoms with Gasteiger partial charge in [-0.1, -0.05) is 17.3 Å². The minimum absolute atomic E-state index is 0.0915. The quantitative estimate of drug-likeness (QED) is 0.867. The summed E-state index contributed by atoms with van der Waals surface area (Å²) < 4.78 is 16.7. The van der Waals surface area contributed by atoms with E-state index in [2.05, 4.69) is 5.16 Å². The molecule has 3 rings (SSSR count). The van der Waals surface area contributed by atoms with Crippen molar-refractivity contribution in [2.75, 3.05) is 19.7 Å². The van der Waals surface area contributed by atoms with E-state index in [4.69, 9.17) is 14.0 Å². The summed E-state index contributed by atoms with van der Waals surface area (Å²) in [5, 5.41) is 3.85. The van der Waals surface area contributed by atoms with Gasteiger partial charge in [0.2, 0.25) is 0 Å². The molecular weight excluding hydrogens is 296 g/mol. The van der Waals surface area contributed by atoms with Crippen LogP contribution in [0.15, 0.2) is 28.8 Å². The molecule has 0 N–H and O–H groups in total. The third kappa shape index (κ3) is 3.02. The lowest BCUT2D eigenvalue weighted by molar-refractivity contribution is 0.0473. The Morgan fingerprint density at radius 2 is 2.04 bits per heavy atom. The molecule has 0 bridgehead atoms. The van der Waals surface area contributed by atoms with Gasteiger partial charge in [-0.25, -0.2) is 0 Å². The Morgan fingerprint density at radius 1 is 1.30 bits per heavy atom. The van der Waals surface area contributed by atoms with E-state index in [1.165, 1.54) is 0 Å². The Bertz CT molecular complexity index is 691. The highest BCUT2D eigenvalue weighted by atomic mass is 16.6. The van der Waals surface area contributed by atoms with Gasteiger partial charge in [-0.05, 0) is 32.9 Å². The number of aromatic nitrogens is 1. The van der Waals surface area contributed by atoms with Crippen molar-refractivity contribution in [1.29, 1.82) is 0 Å². The predicted molar refractivity (Wildman–Crippen MR) is 83.9 cm³/mol. The summed E-state index contributed by atoms with van der Waals surface area (Å²) >= 11 is 0. The van der Waals surface area contributed by atoms with Crippen molar-refractivity contribution in [3.63, 3.8) is 0 Å². The van der Waals surface area contributed by atoms with Crippen LogP contribution in [0.2, 0.25) is 0 Å². The first-order valence-corrected chi connectivity index (χ1v) is 7.70. The topological polar surface area (TPSA) is 64.8 Å². The SMILES string of the molecule is CCN(CC1COc2ccccc2O1)C(=O)c1c(C)noc1C. The Kier molecular flexibility index (Phi) is 4.23. The van der Waals surface area contributed by atoms with Crippen molar-refractivity contribution in [3.05, 3.63) is 41.3 Å². The van der Waals surface area contributed by atoms with Crippen LogP contribution in [-0.4, -0.2) is 41.8 Å². The lowest BCUT2D eigenvalue weighted by Gasteiger charge is -2.30. The third-order valence-corrected chi connectivity index (χ3v) is 3.91. The van der Waals surface area contributed by atoms with Crippen molar-refractivity contribution >= 4 is 5.91 Å². The number of amides is 1. The normalized spacial score (nSPS) is 16.2. The number of nitrogens with zero attached hydrogens (tertiary/aromatic N) is 2. The fourth-order valence-corrected chi connectivity index (χ4v) is 2.70. The summed E-state index contributed by atoms with van der Waals surface area (Å²) in [6, 6.07) is 7.55. The number of rotatable bonds is 4. The van der Waals surface area contributed by atoms with Crippen LogP contribution in [0.3, 0.4) is 0 Å². The maximum atomic E-state index is 12.7. The number of benzene rings is 1. The maximum Gasteiger partial charge on any atom is 0.259 e. The van der Waals surface area contributed by atoms with E-state index in [1.54, 1.807) is 18.7 Å². The Morgan fingerprint density at radius 3 is 2.70 bits per heavy atom. The van der Waals surface area contributed by atoms with Crippen molar-refractivity contribution < 1.29 is 18.8 Å². The van der Waals surface area contributed by atoms with E-state index in [9.17, 15) is 4.79 Å². The molecule has 0 radical (unpaired) electrons. The maximum absolute atomic E-state index is 12.7. The lowest BCUT2D eigenvalue weighted by atomic mass is 10.1. The summed E-state index contributed by atoms with van der Waals surface area (Å²) in [6.45, 7) is 6.90. The summed E-state index contributed by atoms with van der Waals surface area (Å²) in [5.74, 6) is 1.90. The first-order chi connectivity index (χ1) is 11.1. The second-order valence-corrected chi connectivity index (χ2v) is 5.54. The first kappa shape index (κ1) is 15.4. The smallest absolute Gasteiger partial charge is 0.259 e. The van der Waals surface area contributed by atoms with Crippen LogP contribution >= 0.6 is 0 Å². The number of ether oxygens (including phenoxy) is 2. The number of hydrogen-bond donors (Lipinski definition) is 0. The summed E-state index contributed by atoms with van der Waals surface area (Å²) in [4.78, 5) is 14.5. The highest BCUT2D eigenvalue weighted by Crippen LogP contribution is 2.31. The van der Waals surface area contributed by atoms with Crippen LogP contribution in [0.1, 0.15) is 28.7 Å². The fraction of sp³-hybridized carbons (Fsp3) is 0.412. The van der Waals surface area contributed by atoms with Crippen LogP contribution < -0.4 is 9.47 Å². The molecule has 122 valence electrons. The highest BCUT2D eigenvalue weighted by molar-refractivity contribution is 5.96. The van der Waals surface area contributed by atoms with E-state index in [-0.39, 0.29) is 12.0 Å².